The molecule has 0 bridgehead atoms. The highest BCUT2D eigenvalue weighted by molar-refractivity contribution is 5.96. The third-order valence-corrected chi connectivity index (χ3v) is 2.26. The van der Waals surface area contributed by atoms with Crippen LogP contribution >= 0.6 is 0 Å². The molecular weight excluding hydrogens is 206 g/mol. The molecule has 4 heteroatoms. The van der Waals surface area contributed by atoms with Gasteiger partial charge < -0.3 is 15.2 Å². The molecule has 0 spiro atoms. The first-order chi connectivity index (χ1) is 7.72. The lowest BCUT2D eigenvalue weighted by atomic mass is 10.0. The summed E-state index contributed by atoms with van der Waals surface area (Å²) >= 11 is 0. The first-order valence-corrected chi connectivity index (χ1v) is 5.20. The monoisotopic (exact) mass is 223 g/mol. The summed E-state index contributed by atoms with van der Waals surface area (Å²) in [6.45, 7) is 2.34. The van der Waals surface area contributed by atoms with Gasteiger partial charge in [0.2, 0.25) is 0 Å². The summed E-state index contributed by atoms with van der Waals surface area (Å²) in [5, 5.41) is 0. The third kappa shape index (κ3) is 3.05. The molecule has 0 aromatic heterocycles. The summed E-state index contributed by atoms with van der Waals surface area (Å²) in [5.74, 6) is 0.769. The lowest BCUT2D eigenvalue weighted by Crippen LogP contribution is -2.07. The minimum Gasteiger partial charge on any atom is -0.467 e. The van der Waals surface area contributed by atoms with Crippen molar-refractivity contribution < 1.29 is 14.3 Å². The van der Waals surface area contributed by atoms with Crippen LogP contribution in [0.2, 0.25) is 0 Å². The van der Waals surface area contributed by atoms with E-state index >= 15 is 0 Å². The number of hydrogen-bond acceptors (Lipinski definition) is 4. The normalized spacial score (nSPS) is 10.2. The van der Waals surface area contributed by atoms with Gasteiger partial charge >= 0.3 is 0 Å². The van der Waals surface area contributed by atoms with Crippen LogP contribution in [0.5, 0.6) is 5.75 Å². The zero-order valence-corrected chi connectivity index (χ0v) is 9.66. The van der Waals surface area contributed by atoms with E-state index in [4.69, 9.17) is 15.2 Å². The van der Waals surface area contributed by atoms with Gasteiger partial charge in [-0.15, -0.1) is 0 Å². The molecular formula is C12H17NO3. The lowest BCUT2D eigenvalue weighted by molar-refractivity contribution is 0.0504. The van der Waals surface area contributed by atoms with E-state index in [9.17, 15) is 4.79 Å². The molecule has 16 heavy (non-hydrogen) atoms. The maximum atomic E-state index is 11.5. The molecule has 1 rings (SSSR count). The minimum absolute atomic E-state index is 0.105. The second-order valence-electron chi connectivity index (χ2n) is 3.35. The van der Waals surface area contributed by atoms with Gasteiger partial charge in [0, 0.05) is 31.2 Å². The number of ketones is 1. The average Bonchev–Trinajstić information content (AvgIpc) is 2.35. The molecule has 0 aliphatic heterocycles. The molecule has 0 aliphatic rings. The van der Waals surface area contributed by atoms with Crippen LogP contribution < -0.4 is 10.5 Å². The molecule has 0 saturated heterocycles. The Morgan fingerprint density at radius 3 is 2.75 bits per heavy atom. The van der Waals surface area contributed by atoms with Crippen molar-refractivity contribution in [1.82, 2.24) is 0 Å². The van der Waals surface area contributed by atoms with E-state index in [2.05, 4.69) is 0 Å². The summed E-state index contributed by atoms with van der Waals surface area (Å²) in [7, 11) is 1.55. The van der Waals surface area contributed by atoms with Crippen molar-refractivity contribution in [2.24, 2.45) is 5.73 Å². The fourth-order valence-electron chi connectivity index (χ4n) is 1.38. The molecule has 1 aromatic rings. The van der Waals surface area contributed by atoms with E-state index in [-0.39, 0.29) is 12.6 Å². The van der Waals surface area contributed by atoms with Crippen LogP contribution in [-0.4, -0.2) is 19.7 Å². The van der Waals surface area contributed by atoms with E-state index in [0.29, 0.717) is 24.3 Å². The zero-order chi connectivity index (χ0) is 12.0. The van der Waals surface area contributed by atoms with E-state index in [1.54, 1.807) is 25.3 Å². The number of rotatable bonds is 6. The maximum absolute atomic E-state index is 11.5. The van der Waals surface area contributed by atoms with Crippen LogP contribution in [0.3, 0.4) is 0 Å². The van der Waals surface area contributed by atoms with E-state index < -0.39 is 0 Å². The Hall–Kier alpha value is -1.39. The van der Waals surface area contributed by atoms with Crippen molar-refractivity contribution in [1.29, 1.82) is 0 Å². The Labute approximate surface area is 95.3 Å². The van der Waals surface area contributed by atoms with Crippen molar-refractivity contribution in [3.63, 3.8) is 0 Å². The standard InChI is InChI=1S/C12H17NO3/c1-3-11(14)9-4-5-12(16-8-15-2)10(6-9)7-13/h4-6H,3,7-8,13H2,1-2H3. The van der Waals surface area contributed by atoms with Crippen molar-refractivity contribution in [3.05, 3.63) is 29.3 Å². The number of nitrogens with two attached hydrogens (primary N) is 1. The summed E-state index contributed by atoms with van der Waals surface area (Å²) in [4.78, 5) is 11.5. The lowest BCUT2D eigenvalue weighted by Gasteiger charge is -2.10. The highest BCUT2D eigenvalue weighted by Gasteiger charge is 2.08. The first kappa shape index (κ1) is 12.7. The van der Waals surface area contributed by atoms with Crippen LogP contribution in [0.25, 0.3) is 0 Å². The molecule has 0 aliphatic carbocycles. The number of benzene rings is 1. The molecule has 0 radical (unpaired) electrons. The molecule has 2 N–H and O–H groups in total. The predicted octanol–water partition coefficient (Wildman–Crippen LogP) is 1.72. The van der Waals surface area contributed by atoms with E-state index in [0.717, 1.165) is 5.56 Å². The van der Waals surface area contributed by atoms with Crippen LogP contribution in [0, 0.1) is 0 Å². The molecule has 0 heterocycles. The minimum atomic E-state index is 0.105. The van der Waals surface area contributed by atoms with Crippen molar-refractivity contribution >= 4 is 5.78 Å². The first-order valence-electron chi connectivity index (χ1n) is 5.20. The van der Waals surface area contributed by atoms with Crippen molar-refractivity contribution in [3.8, 4) is 5.75 Å². The summed E-state index contributed by atoms with van der Waals surface area (Å²) < 4.78 is 10.1. The maximum Gasteiger partial charge on any atom is 0.188 e. The molecule has 88 valence electrons. The number of hydrogen-bond donors (Lipinski definition) is 1. The Morgan fingerprint density at radius 1 is 1.44 bits per heavy atom. The van der Waals surface area contributed by atoms with Gasteiger partial charge in [0.1, 0.15) is 5.75 Å². The molecule has 4 nitrogen and oxygen atoms in total. The van der Waals surface area contributed by atoms with Gasteiger partial charge in [-0.2, -0.15) is 0 Å². The van der Waals surface area contributed by atoms with Gasteiger partial charge in [0.15, 0.2) is 12.6 Å². The summed E-state index contributed by atoms with van der Waals surface area (Å²) in [6.07, 6.45) is 0.488. The quantitative estimate of drug-likeness (QED) is 0.589. The third-order valence-electron chi connectivity index (χ3n) is 2.26. The Kier molecular flexibility index (Phi) is 4.95. The second-order valence-corrected chi connectivity index (χ2v) is 3.35. The Balaban J connectivity index is 2.92. The molecule has 0 unspecified atom stereocenters. The predicted molar refractivity (Wildman–Crippen MR) is 61.5 cm³/mol. The number of ether oxygens (including phenoxy) is 2. The Morgan fingerprint density at radius 2 is 2.19 bits per heavy atom. The molecule has 0 amide bonds. The van der Waals surface area contributed by atoms with Crippen LogP contribution in [0.15, 0.2) is 18.2 Å². The molecule has 0 fully saturated rings. The highest BCUT2D eigenvalue weighted by atomic mass is 16.7. The number of carbonyl (C=O) groups is 1. The molecule has 0 saturated carbocycles. The second kappa shape index (κ2) is 6.25. The van der Waals surface area contributed by atoms with Gasteiger partial charge in [-0.25, -0.2) is 0 Å². The van der Waals surface area contributed by atoms with E-state index in [1.807, 2.05) is 6.92 Å². The highest BCUT2D eigenvalue weighted by Crippen LogP contribution is 2.20. The zero-order valence-electron chi connectivity index (χ0n) is 9.66. The van der Waals surface area contributed by atoms with Crippen LogP contribution in [0.1, 0.15) is 29.3 Å². The fourth-order valence-corrected chi connectivity index (χ4v) is 1.38. The molecule has 1 aromatic carbocycles. The smallest absolute Gasteiger partial charge is 0.188 e. The average molecular weight is 223 g/mol. The number of carbonyl (C=O) groups excluding carboxylic acids is 1. The van der Waals surface area contributed by atoms with Gasteiger partial charge in [-0.3, -0.25) is 4.79 Å². The molecule has 0 atom stereocenters. The summed E-state index contributed by atoms with van der Waals surface area (Å²) in [5.41, 5.74) is 7.09. The van der Waals surface area contributed by atoms with Gasteiger partial charge in [-0.1, -0.05) is 6.92 Å². The van der Waals surface area contributed by atoms with Gasteiger partial charge in [0.25, 0.3) is 0 Å². The fraction of sp³-hybridized carbons (Fsp3) is 0.417. The topological polar surface area (TPSA) is 61.5 Å². The SMILES string of the molecule is CCC(=O)c1ccc(OCOC)c(CN)c1. The Bertz CT molecular complexity index is 363. The van der Waals surface area contributed by atoms with Crippen molar-refractivity contribution in [2.45, 2.75) is 19.9 Å². The van der Waals surface area contributed by atoms with Gasteiger partial charge in [-0.05, 0) is 18.2 Å². The van der Waals surface area contributed by atoms with Crippen LogP contribution in [0.4, 0.5) is 0 Å². The largest absolute Gasteiger partial charge is 0.467 e. The van der Waals surface area contributed by atoms with E-state index in [1.165, 1.54) is 0 Å². The number of methoxy groups -OCH3 is 1. The van der Waals surface area contributed by atoms with Gasteiger partial charge in [0.05, 0.1) is 0 Å². The number of Topliss-reactive ketones (excluding diaryl/α,β-unsaturated/α-hetero) is 1. The summed E-state index contributed by atoms with van der Waals surface area (Å²) in [6, 6.07) is 5.27. The van der Waals surface area contributed by atoms with Crippen molar-refractivity contribution in [2.75, 3.05) is 13.9 Å². The van der Waals surface area contributed by atoms with Crippen LogP contribution in [-0.2, 0) is 11.3 Å².